The number of aliphatic hydroxyl groups is 8. The topological polar surface area (TPSA) is 228 Å². The number of allylic oxidation sites excluding steroid dienone is 13. The van der Waals surface area contributed by atoms with E-state index in [9.17, 15) is 45.6 Å². The number of rotatable bonds is 78. The van der Waals surface area contributed by atoms with Gasteiger partial charge in [-0.05, 0) is 83.5 Å². The number of carbonyl (C=O) groups is 1. The number of amides is 1. The Kier molecular flexibility index (Phi) is 72.0. The molecule has 2 rings (SSSR count). The first-order valence-corrected chi connectivity index (χ1v) is 45.8. The highest BCUT2D eigenvalue weighted by atomic mass is 16.7. The fraction of sp³-hybridized carbons (Fsp3) is 0.840. The zero-order valence-electron chi connectivity index (χ0n) is 69.6. The zero-order valence-corrected chi connectivity index (χ0v) is 69.6. The van der Waals surface area contributed by atoms with Gasteiger partial charge in [0.1, 0.15) is 48.8 Å². The van der Waals surface area contributed by atoms with Gasteiger partial charge in [0.05, 0.1) is 32.0 Å². The van der Waals surface area contributed by atoms with Gasteiger partial charge < -0.3 is 65.1 Å². The second-order valence-electron chi connectivity index (χ2n) is 32.0. The molecule has 108 heavy (non-hydrogen) atoms. The van der Waals surface area contributed by atoms with Crippen molar-refractivity contribution in [1.29, 1.82) is 0 Å². The van der Waals surface area contributed by atoms with Crippen molar-refractivity contribution in [2.75, 3.05) is 19.8 Å². The third-order valence-electron chi connectivity index (χ3n) is 22.0. The SMILES string of the molecule is CC/C=C\C/C=C\C/C=C\C/C=C\CCCCCCCCCCCCCCCCCCCCCCCCCCCCCCC(=O)NC(COC1OC(CO)C(OC2OC(CO)C(O)C(O)C2O)C(O)C1O)C(O)/C=C/CC/C=C/CC/C=C/CCCCCCCCCCCCCCCCCCCCCCCCC. The number of hydrogen-bond donors (Lipinski definition) is 9. The Balaban J connectivity index is 1.56. The normalized spacial score (nSPS) is 21.5. The van der Waals surface area contributed by atoms with E-state index in [0.29, 0.717) is 12.8 Å². The van der Waals surface area contributed by atoms with Crippen LogP contribution in [0.2, 0.25) is 0 Å². The Morgan fingerprint density at radius 1 is 0.343 bits per heavy atom. The summed E-state index contributed by atoms with van der Waals surface area (Å²) < 4.78 is 22.9. The van der Waals surface area contributed by atoms with Crippen LogP contribution < -0.4 is 5.32 Å². The van der Waals surface area contributed by atoms with Gasteiger partial charge in [0, 0.05) is 6.42 Å². The van der Waals surface area contributed by atoms with Gasteiger partial charge in [-0.15, -0.1) is 0 Å². The van der Waals surface area contributed by atoms with Crippen molar-refractivity contribution in [3.63, 3.8) is 0 Å². The van der Waals surface area contributed by atoms with Crippen LogP contribution in [0.3, 0.4) is 0 Å². The Morgan fingerprint density at radius 3 is 1.02 bits per heavy atom. The molecular formula is C94H171NO13. The van der Waals surface area contributed by atoms with Gasteiger partial charge in [0.15, 0.2) is 12.6 Å². The summed E-state index contributed by atoms with van der Waals surface area (Å²) in [6, 6.07) is -0.942. The summed E-state index contributed by atoms with van der Waals surface area (Å²) in [4.78, 5) is 13.4. The van der Waals surface area contributed by atoms with Crippen LogP contribution in [0.5, 0.6) is 0 Å². The minimum Gasteiger partial charge on any atom is -0.394 e. The van der Waals surface area contributed by atoms with Crippen LogP contribution in [0.1, 0.15) is 412 Å². The molecule has 0 aromatic rings. The van der Waals surface area contributed by atoms with Crippen LogP contribution in [0, 0.1) is 0 Å². The molecule has 2 saturated heterocycles. The molecule has 0 aromatic carbocycles. The smallest absolute Gasteiger partial charge is 0.220 e. The third-order valence-corrected chi connectivity index (χ3v) is 22.0. The molecule has 1 amide bonds. The Hall–Kier alpha value is -2.83. The number of hydrogen-bond acceptors (Lipinski definition) is 13. The predicted molar refractivity (Wildman–Crippen MR) is 452 cm³/mol. The predicted octanol–water partition coefficient (Wildman–Crippen LogP) is 22.6. The first-order chi connectivity index (χ1) is 53.1. The van der Waals surface area contributed by atoms with Crippen LogP contribution in [0.25, 0.3) is 0 Å². The van der Waals surface area contributed by atoms with Gasteiger partial charge in [-0.25, -0.2) is 0 Å². The molecule has 0 spiro atoms. The molecule has 0 radical (unpaired) electrons. The first kappa shape index (κ1) is 101. The summed E-state index contributed by atoms with van der Waals surface area (Å²) in [5.74, 6) is -0.246. The Bertz CT molecular complexity index is 2150. The van der Waals surface area contributed by atoms with Crippen molar-refractivity contribution in [2.45, 2.75) is 485 Å². The zero-order chi connectivity index (χ0) is 77.9. The third kappa shape index (κ3) is 58.1. The van der Waals surface area contributed by atoms with Gasteiger partial charge in [-0.3, -0.25) is 4.79 Å². The lowest BCUT2D eigenvalue weighted by atomic mass is 9.97. The molecule has 0 aromatic heterocycles. The highest BCUT2D eigenvalue weighted by Gasteiger charge is 2.51. The number of unbranched alkanes of at least 4 members (excludes halogenated alkanes) is 53. The molecule has 9 N–H and O–H groups in total. The molecule has 14 heteroatoms. The quantitative estimate of drug-likeness (QED) is 0.0204. The first-order valence-electron chi connectivity index (χ1n) is 45.8. The van der Waals surface area contributed by atoms with E-state index in [1.165, 1.54) is 308 Å². The molecule has 2 aliphatic heterocycles. The number of nitrogens with one attached hydrogen (secondary N) is 1. The van der Waals surface area contributed by atoms with E-state index < -0.39 is 86.8 Å². The molecule has 2 heterocycles. The molecule has 14 nitrogen and oxygen atoms in total. The van der Waals surface area contributed by atoms with Gasteiger partial charge in [-0.1, -0.05) is 407 Å². The van der Waals surface area contributed by atoms with Gasteiger partial charge in [-0.2, -0.15) is 0 Å². The maximum Gasteiger partial charge on any atom is 0.220 e. The van der Waals surface area contributed by atoms with Crippen molar-refractivity contribution >= 4 is 5.91 Å². The summed E-state index contributed by atoms with van der Waals surface area (Å²) in [7, 11) is 0. The molecule has 2 aliphatic rings. The molecular weight excluding hydrogens is 1350 g/mol. The van der Waals surface area contributed by atoms with E-state index in [-0.39, 0.29) is 18.9 Å². The maximum absolute atomic E-state index is 13.4. The lowest BCUT2D eigenvalue weighted by molar-refractivity contribution is -0.359. The minimum atomic E-state index is -1.80. The van der Waals surface area contributed by atoms with Crippen LogP contribution in [0.15, 0.2) is 85.1 Å². The second kappa shape index (κ2) is 76.8. The Morgan fingerprint density at radius 2 is 0.648 bits per heavy atom. The van der Waals surface area contributed by atoms with Gasteiger partial charge in [0.25, 0.3) is 0 Å². The van der Waals surface area contributed by atoms with E-state index in [2.05, 4.69) is 92.1 Å². The maximum atomic E-state index is 13.4. The Labute approximate surface area is 662 Å². The van der Waals surface area contributed by atoms with E-state index in [1.54, 1.807) is 6.08 Å². The molecule has 630 valence electrons. The summed E-state index contributed by atoms with van der Waals surface area (Å²) in [6.45, 7) is 2.73. The van der Waals surface area contributed by atoms with Crippen LogP contribution in [-0.4, -0.2) is 140 Å². The average Bonchev–Trinajstić information content (AvgIpc) is 0.789. The summed E-state index contributed by atoms with van der Waals surface area (Å²) in [6.07, 6.45) is 92.9. The van der Waals surface area contributed by atoms with E-state index in [1.807, 2.05) is 6.08 Å². The van der Waals surface area contributed by atoms with Crippen molar-refractivity contribution in [1.82, 2.24) is 5.32 Å². The van der Waals surface area contributed by atoms with Gasteiger partial charge in [0.2, 0.25) is 5.91 Å². The van der Waals surface area contributed by atoms with Crippen molar-refractivity contribution in [3.05, 3.63) is 85.1 Å². The summed E-state index contributed by atoms with van der Waals surface area (Å²) in [5.41, 5.74) is 0. The average molecular weight is 1520 g/mol. The highest BCUT2D eigenvalue weighted by Crippen LogP contribution is 2.31. The van der Waals surface area contributed by atoms with Crippen molar-refractivity contribution < 1.29 is 64.6 Å². The molecule has 0 saturated carbocycles. The molecule has 12 atom stereocenters. The lowest BCUT2D eigenvalue weighted by Crippen LogP contribution is -2.65. The minimum absolute atomic E-state index is 0.246. The second-order valence-corrected chi connectivity index (χ2v) is 32.0. The van der Waals surface area contributed by atoms with Crippen LogP contribution >= 0.6 is 0 Å². The van der Waals surface area contributed by atoms with E-state index in [0.717, 1.165) is 70.6 Å². The van der Waals surface area contributed by atoms with Crippen LogP contribution in [0.4, 0.5) is 0 Å². The number of ether oxygens (including phenoxy) is 4. The van der Waals surface area contributed by atoms with Crippen LogP contribution in [-0.2, 0) is 23.7 Å². The number of carbonyl (C=O) groups excluding carboxylic acids is 1. The number of aliphatic hydroxyl groups excluding tert-OH is 8. The molecule has 0 aliphatic carbocycles. The lowest BCUT2D eigenvalue weighted by Gasteiger charge is -2.46. The largest absolute Gasteiger partial charge is 0.394 e. The molecule has 2 fully saturated rings. The summed E-state index contributed by atoms with van der Waals surface area (Å²) in [5, 5.41) is 87.8. The highest BCUT2D eigenvalue weighted by molar-refractivity contribution is 5.76. The van der Waals surface area contributed by atoms with E-state index >= 15 is 0 Å². The van der Waals surface area contributed by atoms with Crippen molar-refractivity contribution in [3.8, 4) is 0 Å². The standard InChI is InChI=1S/C94H171NO13/c1-3-5-7-9-11-13-15-17-19-21-23-25-27-29-31-33-35-37-38-39-40-41-42-43-44-46-48-50-52-54-56-58-60-62-64-66-68-70-72-74-76-78-86(99)95-82(81-105-93-91(104)89(102)92(85(80-97)107-93)108-94-90(103)88(101)87(100)84(79-96)106-94)83(98)77-75-73-71-69-67-65-63-61-59-57-55-53-51-49-47-45-36-34-32-30-28-26-24-22-20-18-16-14-12-10-8-6-4-2/h5,7,11,13,17,19,23,25,59,61,67,69,75,77,82-85,87-94,96-98,100-104H,3-4,6,8-10,12,14-16,18,20-22,24,26-58,60,62-66,68,70-74,76,78-81H2,1-2H3,(H,95,99)/b7-5-,13-11-,19-17-,25-23-,61-59+,69-67+,77-75+. The molecule has 12 unspecified atom stereocenters. The fourth-order valence-corrected chi connectivity index (χ4v) is 14.9. The molecule has 0 bridgehead atoms. The summed E-state index contributed by atoms with van der Waals surface area (Å²) >= 11 is 0. The van der Waals surface area contributed by atoms with Gasteiger partial charge >= 0.3 is 0 Å². The van der Waals surface area contributed by atoms with E-state index in [4.69, 9.17) is 18.9 Å². The monoisotopic (exact) mass is 1520 g/mol. The van der Waals surface area contributed by atoms with Crippen molar-refractivity contribution in [2.24, 2.45) is 0 Å². The fourth-order valence-electron chi connectivity index (χ4n) is 14.9.